The Morgan fingerprint density at radius 1 is 1.09 bits per heavy atom. The zero-order valence-corrected chi connectivity index (χ0v) is 20.9. The molecule has 2 aromatic carbocycles. The molecule has 35 heavy (non-hydrogen) atoms. The van der Waals surface area contributed by atoms with Crippen molar-refractivity contribution in [2.75, 3.05) is 26.8 Å². The monoisotopic (exact) mass is 470 g/mol. The Balaban J connectivity index is 1.58. The molecule has 1 saturated heterocycles. The standard InChI is InChI=1S/C30H34N2O3/c1-4-35-24-13-15-32(16-14-24)30(33)28-25-7-5-6-8-27(25)31-29-22(17-20(2)18-26(28)29)19-21-9-11-23(34-3)12-10-21/h5-12,19-20,24H,4,13-18H2,1-3H3/b22-19-. The summed E-state index contributed by atoms with van der Waals surface area (Å²) in [5, 5.41) is 0.959. The van der Waals surface area contributed by atoms with Gasteiger partial charge in [-0.25, -0.2) is 4.98 Å². The fourth-order valence-electron chi connectivity index (χ4n) is 5.50. The van der Waals surface area contributed by atoms with Crippen LogP contribution in [0.25, 0.3) is 22.6 Å². The van der Waals surface area contributed by atoms with Gasteiger partial charge in [0, 0.05) is 25.1 Å². The number of ether oxygens (including phenoxy) is 2. The zero-order chi connectivity index (χ0) is 24.4. The molecule has 1 aromatic heterocycles. The number of aromatic nitrogens is 1. The molecular weight excluding hydrogens is 436 g/mol. The summed E-state index contributed by atoms with van der Waals surface area (Å²) in [6.45, 7) is 6.49. The second-order valence-corrected chi connectivity index (χ2v) is 9.73. The van der Waals surface area contributed by atoms with E-state index in [0.29, 0.717) is 5.92 Å². The number of benzene rings is 2. The van der Waals surface area contributed by atoms with Crippen molar-refractivity contribution in [3.8, 4) is 5.75 Å². The Bertz CT molecular complexity index is 1240. The number of methoxy groups -OCH3 is 1. The van der Waals surface area contributed by atoms with Crippen LogP contribution in [0.5, 0.6) is 5.75 Å². The molecule has 5 nitrogen and oxygen atoms in total. The first-order valence-corrected chi connectivity index (χ1v) is 12.7. The van der Waals surface area contributed by atoms with Crippen LogP contribution >= 0.6 is 0 Å². The maximum atomic E-state index is 14.0. The minimum Gasteiger partial charge on any atom is -0.497 e. The van der Waals surface area contributed by atoms with E-state index < -0.39 is 0 Å². The van der Waals surface area contributed by atoms with Crippen molar-refractivity contribution in [2.45, 2.75) is 45.6 Å². The third kappa shape index (κ3) is 4.83. The van der Waals surface area contributed by atoms with Crippen LogP contribution in [0.4, 0.5) is 0 Å². The number of amides is 1. The Kier molecular flexibility index (Phi) is 6.87. The second kappa shape index (κ2) is 10.2. The third-order valence-electron chi connectivity index (χ3n) is 7.22. The lowest BCUT2D eigenvalue weighted by atomic mass is 9.80. The van der Waals surface area contributed by atoms with Crippen LogP contribution in [0.3, 0.4) is 0 Å². The number of hydrogen-bond acceptors (Lipinski definition) is 4. The van der Waals surface area contributed by atoms with E-state index in [1.165, 1.54) is 5.57 Å². The van der Waals surface area contributed by atoms with Crippen LogP contribution in [-0.2, 0) is 11.2 Å². The number of rotatable bonds is 5. The van der Waals surface area contributed by atoms with Gasteiger partial charge >= 0.3 is 0 Å². The molecule has 3 aromatic rings. The summed E-state index contributed by atoms with van der Waals surface area (Å²) in [6, 6.07) is 16.2. The number of piperidine rings is 1. The summed E-state index contributed by atoms with van der Waals surface area (Å²) < 4.78 is 11.1. The van der Waals surface area contributed by atoms with E-state index in [1.54, 1.807) is 7.11 Å². The first-order valence-electron chi connectivity index (χ1n) is 12.7. The molecule has 2 aliphatic rings. The lowest BCUT2D eigenvalue weighted by Crippen LogP contribution is -2.41. The van der Waals surface area contributed by atoms with Crippen molar-refractivity contribution >= 4 is 28.5 Å². The highest BCUT2D eigenvalue weighted by Crippen LogP contribution is 2.39. The Morgan fingerprint density at radius 3 is 2.54 bits per heavy atom. The van der Waals surface area contributed by atoms with Gasteiger partial charge in [-0.1, -0.05) is 37.3 Å². The van der Waals surface area contributed by atoms with Gasteiger partial charge in [0.2, 0.25) is 0 Å². The number of carbonyl (C=O) groups excluding carboxylic acids is 1. The van der Waals surface area contributed by atoms with Crippen molar-refractivity contribution in [2.24, 2.45) is 5.92 Å². The van der Waals surface area contributed by atoms with Crippen LogP contribution in [0.1, 0.15) is 60.3 Å². The fraction of sp³-hybridized carbons (Fsp3) is 0.400. The number of pyridine rings is 1. The molecule has 182 valence electrons. The van der Waals surface area contributed by atoms with E-state index >= 15 is 0 Å². The maximum Gasteiger partial charge on any atom is 0.254 e. The molecular formula is C30H34N2O3. The van der Waals surface area contributed by atoms with Crippen LogP contribution in [0, 0.1) is 5.92 Å². The van der Waals surface area contributed by atoms with E-state index in [0.717, 1.165) is 84.4 Å². The Hall–Kier alpha value is -3.18. The summed E-state index contributed by atoms with van der Waals surface area (Å²) in [7, 11) is 1.68. The van der Waals surface area contributed by atoms with E-state index in [1.807, 2.05) is 42.2 Å². The number of nitrogens with zero attached hydrogens (tertiary/aromatic N) is 2. The Morgan fingerprint density at radius 2 is 1.83 bits per heavy atom. The van der Waals surface area contributed by atoms with Gasteiger partial charge < -0.3 is 14.4 Å². The van der Waals surface area contributed by atoms with E-state index in [9.17, 15) is 4.79 Å². The highest BCUT2D eigenvalue weighted by atomic mass is 16.5. The molecule has 1 aliphatic carbocycles. The molecule has 1 aliphatic heterocycles. The molecule has 2 heterocycles. The third-order valence-corrected chi connectivity index (χ3v) is 7.22. The number of fused-ring (bicyclic) bond motifs is 2. The topological polar surface area (TPSA) is 51.7 Å². The van der Waals surface area contributed by atoms with E-state index in [2.05, 4.69) is 31.2 Å². The summed E-state index contributed by atoms with van der Waals surface area (Å²) in [6.07, 6.45) is 6.07. The van der Waals surface area contributed by atoms with E-state index in [-0.39, 0.29) is 12.0 Å². The summed E-state index contributed by atoms with van der Waals surface area (Å²) in [4.78, 5) is 21.1. The van der Waals surface area contributed by atoms with Crippen LogP contribution < -0.4 is 4.74 Å². The average Bonchev–Trinajstić information content (AvgIpc) is 2.88. The van der Waals surface area contributed by atoms with Gasteiger partial charge in [-0.2, -0.15) is 0 Å². The number of likely N-dealkylation sites (tertiary alicyclic amines) is 1. The van der Waals surface area contributed by atoms with Gasteiger partial charge in [0.1, 0.15) is 5.75 Å². The highest BCUT2D eigenvalue weighted by molar-refractivity contribution is 6.09. The lowest BCUT2D eigenvalue weighted by Gasteiger charge is -2.34. The lowest BCUT2D eigenvalue weighted by molar-refractivity contribution is 0.0146. The van der Waals surface area contributed by atoms with Gasteiger partial charge in [0.05, 0.1) is 30.0 Å². The van der Waals surface area contributed by atoms with Gasteiger partial charge in [-0.15, -0.1) is 0 Å². The van der Waals surface area contributed by atoms with Gasteiger partial charge in [0.15, 0.2) is 0 Å². The average molecular weight is 471 g/mol. The van der Waals surface area contributed by atoms with Crippen molar-refractivity contribution in [3.63, 3.8) is 0 Å². The van der Waals surface area contributed by atoms with Crippen molar-refractivity contribution in [3.05, 3.63) is 70.9 Å². The molecule has 5 heteroatoms. The summed E-state index contributed by atoms with van der Waals surface area (Å²) >= 11 is 0. The molecule has 1 unspecified atom stereocenters. The maximum absolute atomic E-state index is 14.0. The Labute approximate surface area is 207 Å². The minimum atomic E-state index is 0.132. The van der Waals surface area contributed by atoms with Gasteiger partial charge in [-0.05, 0) is 79.5 Å². The second-order valence-electron chi connectivity index (χ2n) is 9.73. The van der Waals surface area contributed by atoms with Crippen LogP contribution in [0.2, 0.25) is 0 Å². The summed E-state index contributed by atoms with van der Waals surface area (Å²) in [5.41, 5.74) is 6.10. The predicted molar refractivity (Wildman–Crippen MR) is 141 cm³/mol. The number of para-hydroxylation sites is 1. The SMILES string of the molecule is CCOC1CCN(C(=O)c2c3c(nc4ccccc24)/C(=C\c2ccc(OC)cc2)CC(C)C3)CC1. The van der Waals surface area contributed by atoms with Gasteiger partial charge in [-0.3, -0.25) is 4.79 Å². The molecule has 0 bridgehead atoms. The van der Waals surface area contributed by atoms with E-state index in [4.69, 9.17) is 14.5 Å². The number of carbonyl (C=O) groups is 1. The minimum absolute atomic E-state index is 0.132. The smallest absolute Gasteiger partial charge is 0.254 e. The largest absolute Gasteiger partial charge is 0.497 e. The predicted octanol–water partition coefficient (Wildman–Crippen LogP) is 6.01. The molecule has 0 N–H and O–H groups in total. The fourth-order valence-corrected chi connectivity index (χ4v) is 5.50. The molecule has 0 radical (unpaired) electrons. The van der Waals surface area contributed by atoms with Crippen LogP contribution in [0.15, 0.2) is 48.5 Å². The van der Waals surface area contributed by atoms with Crippen molar-refractivity contribution in [1.29, 1.82) is 0 Å². The normalized spacial score (nSPS) is 19.7. The first kappa shape index (κ1) is 23.6. The molecule has 1 fully saturated rings. The number of allylic oxidation sites excluding steroid dienone is 1. The quantitative estimate of drug-likeness (QED) is 0.458. The molecule has 0 saturated carbocycles. The van der Waals surface area contributed by atoms with Gasteiger partial charge in [0.25, 0.3) is 5.91 Å². The first-order chi connectivity index (χ1) is 17.1. The van der Waals surface area contributed by atoms with Crippen LogP contribution in [-0.4, -0.2) is 48.7 Å². The summed E-state index contributed by atoms with van der Waals surface area (Å²) in [5.74, 6) is 1.41. The number of hydrogen-bond donors (Lipinski definition) is 0. The zero-order valence-electron chi connectivity index (χ0n) is 20.9. The highest BCUT2D eigenvalue weighted by Gasteiger charge is 2.31. The van der Waals surface area contributed by atoms with Crippen molar-refractivity contribution in [1.82, 2.24) is 9.88 Å². The molecule has 1 amide bonds. The van der Waals surface area contributed by atoms with Crippen molar-refractivity contribution < 1.29 is 14.3 Å². The molecule has 5 rings (SSSR count). The molecule has 0 spiro atoms. The molecule has 1 atom stereocenters.